The van der Waals surface area contributed by atoms with Crippen LogP contribution in [-0.2, 0) is 6.42 Å². The molecule has 0 saturated heterocycles. The van der Waals surface area contributed by atoms with Crippen molar-refractivity contribution in [3.05, 3.63) is 65.5 Å². The van der Waals surface area contributed by atoms with E-state index >= 15 is 0 Å². The zero-order chi connectivity index (χ0) is 14.7. The molecule has 0 amide bonds. The van der Waals surface area contributed by atoms with Gasteiger partial charge in [0.25, 0.3) is 0 Å². The summed E-state index contributed by atoms with van der Waals surface area (Å²) in [6.45, 7) is 0.718. The zero-order valence-electron chi connectivity index (χ0n) is 11.8. The monoisotopic (exact) mass is 304 g/mol. The summed E-state index contributed by atoms with van der Waals surface area (Å²) in [6.07, 6.45) is 1.77. The summed E-state index contributed by atoms with van der Waals surface area (Å²) in [6, 6.07) is 15.0. The zero-order valence-corrected chi connectivity index (χ0v) is 12.5. The Morgan fingerprint density at radius 1 is 1.19 bits per heavy atom. The lowest BCUT2D eigenvalue weighted by molar-refractivity contribution is 0.310. The average molecular weight is 305 g/mol. The summed E-state index contributed by atoms with van der Waals surface area (Å²) >= 11 is 6.13. The van der Waals surface area contributed by atoms with Crippen molar-refractivity contribution in [3.63, 3.8) is 0 Å². The lowest BCUT2D eigenvalue weighted by Crippen LogP contribution is -2.13. The van der Waals surface area contributed by atoms with Gasteiger partial charge in [-0.05, 0) is 42.5 Å². The number of para-hydroxylation sites is 1. The van der Waals surface area contributed by atoms with Crippen LogP contribution in [0.4, 0.5) is 4.39 Å². The Bertz CT molecular complexity index is 614. The molecular formula is C18H18ClFO. The third-order valence-electron chi connectivity index (χ3n) is 4.05. The van der Waals surface area contributed by atoms with Crippen LogP contribution in [-0.4, -0.2) is 12.5 Å². The molecule has 0 spiro atoms. The van der Waals surface area contributed by atoms with Gasteiger partial charge >= 0.3 is 0 Å². The smallest absolute Gasteiger partial charge is 0.123 e. The molecule has 110 valence electrons. The molecule has 0 radical (unpaired) electrons. The molecule has 2 aromatic carbocycles. The Morgan fingerprint density at radius 2 is 2.05 bits per heavy atom. The summed E-state index contributed by atoms with van der Waals surface area (Å²) in [7, 11) is 0. The number of alkyl halides is 1. The maximum atomic E-state index is 13.3. The largest absolute Gasteiger partial charge is 0.493 e. The van der Waals surface area contributed by atoms with Crippen molar-refractivity contribution in [2.24, 2.45) is 5.92 Å². The van der Waals surface area contributed by atoms with Gasteiger partial charge < -0.3 is 4.74 Å². The molecule has 2 unspecified atom stereocenters. The fourth-order valence-electron chi connectivity index (χ4n) is 3.02. The number of benzene rings is 2. The van der Waals surface area contributed by atoms with Gasteiger partial charge in [0.15, 0.2) is 0 Å². The topological polar surface area (TPSA) is 9.23 Å². The highest BCUT2D eigenvalue weighted by atomic mass is 35.5. The molecule has 0 fully saturated rings. The second-order valence-electron chi connectivity index (χ2n) is 5.64. The van der Waals surface area contributed by atoms with Crippen molar-refractivity contribution in [2.75, 3.05) is 12.5 Å². The maximum absolute atomic E-state index is 13.3. The van der Waals surface area contributed by atoms with E-state index < -0.39 is 0 Å². The second kappa shape index (κ2) is 6.48. The van der Waals surface area contributed by atoms with Gasteiger partial charge in [-0.3, -0.25) is 0 Å². The second-order valence-corrected chi connectivity index (χ2v) is 5.94. The normalized spacial score (nSPS) is 18.1. The van der Waals surface area contributed by atoms with Crippen LogP contribution in [0.3, 0.4) is 0 Å². The van der Waals surface area contributed by atoms with Crippen LogP contribution in [0.1, 0.15) is 23.5 Å². The van der Waals surface area contributed by atoms with Crippen LogP contribution in [0.15, 0.2) is 48.5 Å². The SMILES string of the molecule is Fc1cccc(CC(CCl)CC2COc3ccccc32)c1. The first-order chi connectivity index (χ1) is 10.3. The first kappa shape index (κ1) is 14.4. The third kappa shape index (κ3) is 3.38. The predicted octanol–water partition coefficient (Wildman–Crippen LogP) is 4.79. The van der Waals surface area contributed by atoms with E-state index in [1.54, 1.807) is 12.1 Å². The van der Waals surface area contributed by atoms with Crippen LogP contribution in [0.5, 0.6) is 5.75 Å². The Hall–Kier alpha value is -1.54. The van der Waals surface area contributed by atoms with Crippen molar-refractivity contribution in [3.8, 4) is 5.75 Å². The highest BCUT2D eigenvalue weighted by Crippen LogP contribution is 2.38. The summed E-state index contributed by atoms with van der Waals surface area (Å²) < 4.78 is 19.0. The number of ether oxygens (including phenoxy) is 1. The van der Waals surface area contributed by atoms with Crippen LogP contribution in [0, 0.1) is 11.7 Å². The van der Waals surface area contributed by atoms with E-state index in [1.807, 2.05) is 24.3 Å². The van der Waals surface area contributed by atoms with Crippen molar-refractivity contribution < 1.29 is 9.13 Å². The van der Waals surface area contributed by atoms with Gasteiger partial charge in [0, 0.05) is 17.4 Å². The number of hydrogen-bond donors (Lipinski definition) is 0. The van der Waals surface area contributed by atoms with E-state index in [9.17, 15) is 4.39 Å². The van der Waals surface area contributed by atoms with Gasteiger partial charge in [0.2, 0.25) is 0 Å². The lowest BCUT2D eigenvalue weighted by atomic mass is 9.87. The van der Waals surface area contributed by atoms with Crippen LogP contribution in [0.25, 0.3) is 0 Å². The lowest BCUT2D eigenvalue weighted by Gasteiger charge is -2.18. The van der Waals surface area contributed by atoms with Gasteiger partial charge in [-0.1, -0.05) is 30.3 Å². The summed E-state index contributed by atoms with van der Waals surface area (Å²) in [5, 5.41) is 0. The minimum atomic E-state index is -0.185. The Morgan fingerprint density at radius 3 is 2.86 bits per heavy atom. The molecule has 1 aliphatic rings. The molecule has 1 heterocycles. The molecule has 0 N–H and O–H groups in total. The van der Waals surface area contributed by atoms with Crippen molar-refractivity contribution >= 4 is 11.6 Å². The highest BCUT2D eigenvalue weighted by Gasteiger charge is 2.26. The van der Waals surface area contributed by atoms with E-state index in [-0.39, 0.29) is 5.82 Å². The molecule has 0 saturated carbocycles. The molecular weight excluding hydrogens is 287 g/mol. The van der Waals surface area contributed by atoms with E-state index in [2.05, 4.69) is 6.07 Å². The molecule has 2 aromatic rings. The number of hydrogen-bond acceptors (Lipinski definition) is 1. The Kier molecular flexibility index (Phi) is 4.45. The van der Waals surface area contributed by atoms with Crippen molar-refractivity contribution in [1.82, 2.24) is 0 Å². The standard InChI is InChI=1S/C18H18ClFO/c19-11-14(8-13-4-3-5-16(20)10-13)9-15-12-21-18-7-2-1-6-17(15)18/h1-7,10,14-15H,8-9,11-12H2. The van der Waals surface area contributed by atoms with E-state index in [0.29, 0.717) is 17.7 Å². The highest BCUT2D eigenvalue weighted by molar-refractivity contribution is 6.18. The minimum absolute atomic E-state index is 0.185. The van der Waals surface area contributed by atoms with Gasteiger partial charge in [-0.2, -0.15) is 0 Å². The quantitative estimate of drug-likeness (QED) is 0.722. The van der Waals surface area contributed by atoms with Gasteiger partial charge in [-0.15, -0.1) is 11.6 Å². The van der Waals surface area contributed by atoms with Gasteiger partial charge in [0.05, 0.1) is 6.61 Å². The van der Waals surface area contributed by atoms with Gasteiger partial charge in [0.1, 0.15) is 11.6 Å². The summed E-state index contributed by atoms with van der Waals surface area (Å²) in [5.41, 5.74) is 2.28. The Balaban J connectivity index is 1.68. The molecule has 1 nitrogen and oxygen atoms in total. The molecule has 21 heavy (non-hydrogen) atoms. The van der Waals surface area contributed by atoms with Crippen LogP contribution in [0.2, 0.25) is 0 Å². The summed E-state index contributed by atoms with van der Waals surface area (Å²) in [4.78, 5) is 0. The first-order valence-corrected chi connectivity index (χ1v) is 7.82. The molecule has 2 atom stereocenters. The van der Waals surface area contributed by atoms with Crippen LogP contribution >= 0.6 is 11.6 Å². The van der Waals surface area contributed by atoms with E-state index in [0.717, 1.165) is 30.8 Å². The first-order valence-electron chi connectivity index (χ1n) is 7.28. The van der Waals surface area contributed by atoms with E-state index in [1.165, 1.54) is 11.6 Å². The number of rotatable bonds is 5. The minimum Gasteiger partial charge on any atom is -0.493 e. The summed E-state index contributed by atoms with van der Waals surface area (Å²) in [5.74, 6) is 2.10. The van der Waals surface area contributed by atoms with Crippen molar-refractivity contribution in [2.45, 2.75) is 18.8 Å². The molecule has 0 aromatic heterocycles. The predicted molar refractivity (Wildman–Crippen MR) is 83.6 cm³/mol. The third-order valence-corrected chi connectivity index (χ3v) is 4.48. The molecule has 0 bridgehead atoms. The number of halogens is 2. The van der Waals surface area contributed by atoms with Crippen molar-refractivity contribution in [1.29, 1.82) is 0 Å². The fourth-order valence-corrected chi connectivity index (χ4v) is 3.26. The molecule has 1 aliphatic heterocycles. The fraction of sp³-hybridized carbons (Fsp3) is 0.333. The molecule has 3 heteroatoms. The molecule has 3 rings (SSSR count). The maximum Gasteiger partial charge on any atom is 0.123 e. The molecule has 0 aliphatic carbocycles. The van der Waals surface area contributed by atoms with E-state index in [4.69, 9.17) is 16.3 Å². The number of fused-ring (bicyclic) bond motifs is 1. The van der Waals surface area contributed by atoms with Crippen LogP contribution < -0.4 is 4.74 Å². The van der Waals surface area contributed by atoms with Gasteiger partial charge in [-0.25, -0.2) is 4.39 Å². The average Bonchev–Trinajstić information content (AvgIpc) is 2.90. The Labute approximate surface area is 129 Å².